The Balaban J connectivity index is 1.93. The quantitative estimate of drug-likeness (QED) is 0.870. The SMILES string of the molecule is Cc1sc2nc(CN3CCC(O)C3)nc(N)c2c1C. The fraction of sp³-hybridized carbons (Fsp3) is 0.538. The highest BCUT2D eigenvalue weighted by atomic mass is 32.1. The van der Waals surface area contributed by atoms with E-state index in [1.165, 1.54) is 10.4 Å². The van der Waals surface area contributed by atoms with Crippen LogP contribution in [0, 0.1) is 13.8 Å². The Morgan fingerprint density at radius 3 is 2.89 bits per heavy atom. The summed E-state index contributed by atoms with van der Waals surface area (Å²) in [6, 6.07) is 0. The van der Waals surface area contributed by atoms with E-state index in [2.05, 4.69) is 28.7 Å². The van der Waals surface area contributed by atoms with E-state index in [0.29, 0.717) is 18.9 Å². The largest absolute Gasteiger partial charge is 0.392 e. The predicted molar refractivity (Wildman–Crippen MR) is 77.2 cm³/mol. The molecule has 0 spiro atoms. The Hall–Kier alpha value is -1.24. The van der Waals surface area contributed by atoms with Gasteiger partial charge >= 0.3 is 0 Å². The number of aromatic nitrogens is 2. The van der Waals surface area contributed by atoms with Crippen molar-refractivity contribution in [3.63, 3.8) is 0 Å². The van der Waals surface area contributed by atoms with Crippen molar-refractivity contribution in [3.05, 3.63) is 16.3 Å². The van der Waals surface area contributed by atoms with Crippen molar-refractivity contribution in [2.24, 2.45) is 0 Å². The lowest BCUT2D eigenvalue weighted by atomic mass is 10.2. The predicted octanol–water partition coefficient (Wildman–Crippen LogP) is 1.46. The van der Waals surface area contributed by atoms with Crippen LogP contribution in [-0.2, 0) is 6.54 Å². The maximum absolute atomic E-state index is 9.54. The summed E-state index contributed by atoms with van der Waals surface area (Å²) in [4.78, 5) is 13.4. The lowest BCUT2D eigenvalue weighted by Crippen LogP contribution is -2.23. The fourth-order valence-electron chi connectivity index (χ4n) is 2.55. The van der Waals surface area contributed by atoms with Crippen LogP contribution in [-0.4, -0.2) is 39.2 Å². The first-order valence-corrected chi connectivity index (χ1v) is 7.28. The summed E-state index contributed by atoms with van der Waals surface area (Å²) in [5, 5.41) is 10.5. The molecule has 0 aromatic carbocycles. The molecule has 2 aromatic heterocycles. The highest BCUT2D eigenvalue weighted by Crippen LogP contribution is 2.32. The van der Waals surface area contributed by atoms with Crippen molar-refractivity contribution in [1.82, 2.24) is 14.9 Å². The third-order valence-electron chi connectivity index (χ3n) is 3.72. The van der Waals surface area contributed by atoms with E-state index in [-0.39, 0.29) is 6.10 Å². The molecule has 0 radical (unpaired) electrons. The van der Waals surface area contributed by atoms with Gasteiger partial charge < -0.3 is 10.8 Å². The number of fused-ring (bicyclic) bond motifs is 1. The molecular weight excluding hydrogens is 260 g/mol. The van der Waals surface area contributed by atoms with Crippen molar-refractivity contribution in [3.8, 4) is 0 Å². The first-order chi connectivity index (χ1) is 9.04. The molecule has 1 aliphatic rings. The number of β-amino-alcohol motifs (C(OH)–C–C–N with tert-alkyl or cyclic N) is 1. The third-order valence-corrected chi connectivity index (χ3v) is 4.82. The minimum absolute atomic E-state index is 0.215. The first-order valence-electron chi connectivity index (χ1n) is 6.47. The Morgan fingerprint density at radius 1 is 1.42 bits per heavy atom. The Kier molecular flexibility index (Phi) is 3.16. The summed E-state index contributed by atoms with van der Waals surface area (Å²) in [6.45, 7) is 6.39. The number of anilines is 1. The summed E-state index contributed by atoms with van der Waals surface area (Å²) in [5.41, 5.74) is 7.24. The molecule has 5 nitrogen and oxygen atoms in total. The zero-order valence-corrected chi connectivity index (χ0v) is 12.0. The van der Waals surface area contributed by atoms with Gasteiger partial charge in [0.25, 0.3) is 0 Å². The number of nitrogen functional groups attached to an aromatic ring is 1. The number of nitrogens with two attached hydrogens (primary N) is 1. The van der Waals surface area contributed by atoms with Crippen molar-refractivity contribution in [1.29, 1.82) is 0 Å². The second-order valence-electron chi connectivity index (χ2n) is 5.17. The van der Waals surface area contributed by atoms with Crippen LogP contribution in [0.5, 0.6) is 0 Å². The zero-order valence-electron chi connectivity index (χ0n) is 11.2. The van der Waals surface area contributed by atoms with Gasteiger partial charge in [-0.1, -0.05) is 0 Å². The minimum Gasteiger partial charge on any atom is -0.392 e. The normalized spacial score (nSPS) is 20.5. The van der Waals surface area contributed by atoms with Gasteiger partial charge in [-0.3, -0.25) is 4.90 Å². The van der Waals surface area contributed by atoms with E-state index < -0.39 is 0 Å². The minimum atomic E-state index is -0.215. The van der Waals surface area contributed by atoms with Crippen LogP contribution in [0.3, 0.4) is 0 Å². The van der Waals surface area contributed by atoms with Crippen LogP contribution in [0.25, 0.3) is 10.2 Å². The number of aliphatic hydroxyl groups is 1. The number of aryl methyl sites for hydroxylation is 2. The van der Waals surface area contributed by atoms with Gasteiger partial charge in [0.15, 0.2) is 0 Å². The summed E-state index contributed by atoms with van der Waals surface area (Å²) >= 11 is 1.67. The smallest absolute Gasteiger partial charge is 0.146 e. The van der Waals surface area contributed by atoms with Crippen LogP contribution in [0.15, 0.2) is 0 Å². The molecule has 19 heavy (non-hydrogen) atoms. The third kappa shape index (κ3) is 2.31. The number of likely N-dealkylation sites (tertiary alicyclic amines) is 1. The maximum Gasteiger partial charge on any atom is 0.146 e. The van der Waals surface area contributed by atoms with Crippen molar-refractivity contribution in [2.75, 3.05) is 18.8 Å². The highest BCUT2D eigenvalue weighted by molar-refractivity contribution is 7.18. The average Bonchev–Trinajstić information content (AvgIpc) is 2.85. The maximum atomic E-state index is 9.54. The molecule has 6 heteroatoms. The van der Waals surface area contributed by atoms with E-state index in [1.807, 2.05) is 0 Å². The van der Waals surface area contributed by atoms with Crippen molar-refractivity contribution >= 4 is 27.4 Å². The molecule has 1 saturated heterocycles. The number of rotatable bonds is 2. The van der Waals surface area contributed by atoms with Crippen molar-refractivity contribution < 1.29 is 5.11 Å². The monoisotopic (exact) mass is 278 g/mol. The average molecular weight is 278 g/mol. The zero-order chi connectivity index (χ0) is 13.6. The van der Waals surface area contributed by atoms with Crippen LogP contribution in [0.2, 0.25) is 0 Å². The van der Waals surface area contributed by atoms with Gasteiger partial charge in [-0.05, 0) is 25.8 Å². The second kappa shape index (κ2) is 4.70. The number of hydrogen-bond donors (Lipinski definition) is 2. The van der Waals surface area contributed by atoms with Crippen molar-refractivity contribution in [2.45, 2.75) is 32.9 Å². The van der Waals surface area contributed by atoms with Crippen LogP contribution in [0.4, 0.5) is 5.82 Å². The molecule has 102 valence electrons. The Bertz CT molecular complexity index is 625. The number of aliphatic hydroxyl groups excluding tert-OH is 1. The molecule has 1 atom stereocenters. The summed E-state index contributed by atoms with van der Waals surface area (Å²) in [5.74, 6) is 1.32. The molecule has 3 rings (SSSR count). The second-order valence-corrected chi connectivity index (χ2v) is 6.37. The van der Waals surface area contributed by atoms with Gasteiger partial charge in [-0.2, -0.15) is 0 Å². The van der Waals surface area contributed by atoms with E-state index in [9.17, 15) is 5.11 Å². The molecule has 3 N–H and O–H groups in total. The Morgan fingerprint density at radius 2 is 2.21 bits per heavy atom. The van der Waals surface area contributed by atoms with Crippen LogP contribution in [0.1, 0.15) is 22.7 Å². The molecule has 0 saturated carbocycles. The van der Waals surface area contributed by atoms with Gasteiger partial charge in [0.1, 0.15) is 16.5 Å². The van der Waals surface area contributed by atoms with Gasteiger partial charge in [-0.15, -0.1) is 11.3 Å². The highest BCUT2D eigenvalue weighted by Gasteiger charge is 2.21. The lowest BCUT2D eigenvalue weighted by molar-refractivity contribution is 0.174. The molecule has 0 amide bonds. The Labute approximate surface area is 116 Å². The van der Waals surface area contributed by atoms with E-state index in [0.717, 1.165) is 29.0 Å². The molecule has 0 bridgehead atoms. The van der Waals surface area contributed by atoms with E-state index in [4.69, 9.17) is 5.73 Å². The van der Waals surface area contributed by atoms with E-state index in [1.54, 1.807) is 11.3 Å². The summed E-state index contributed by atoms with van der Waals surface area (Å²) in [6.07, 6.45) is 0.613. The van der Waals surface area contributed by atoms with Gasteiger partial charge in [-0.25, -0.2) is 9.97 Å². The van der Waals surface area contributed by atoms with Gasteiger partial charge in [0.2, 0.25) is 0 Å². The van der Waals surface area contributed by atoms with Gasteiger partial charge in [0, 0.05) is 18.0 Å². The molecule has 2 aromatic rings. The molecule has 1 aliphatic heterocycles. The van der Waals surface area contributed by atoms with Gasteiger partial charge in [0.05, 0.1) is 18.0 Å². The van der Waals surface area contributed by atoms with E-state index >= 15 is 0 Å². The fourth-order valence-corrected chi connectivity index (χ4v) is 3.61. The molecular formula is C13H18N4OS. The van der Waals surface area contributed by atoms with Crippen LogP contribution >= 0.6 is 11.3 Å². The number of thiophene rings is 1. The van der Waals surface area contributed by atoms with Crippen LogP contribution < -0.4 is 5.73 Å². The number of nitrogens with zero attached hydrogens (tertiary/aromatic N) is 3. The first kappa shape index (κ1) is 12.8. The molecule has 1 unspecified atom stereocenters. The molecule has 0 aliphatic carbocycles. The topological polar surface area (TPSA) is 75.3 Å². The standard InChI is InChI=1S/C13H18N4OS/c1-7-8(2)19-13-11(7)12(14)15-10(16-13)6-17-4-3-9(18)5-17/h9,18H,3-6H2,1-2H3,(H2,14,15,16). The summed E-state index contributed by atoms with van der Waals surface area (Å²) < 4.78 is 0. The summed E-state index contributed by atoms with van der Waals surface area (Å²) in [7, 11) is 0. The number of hydrogen-bond acceptors (Lipinski definition) is 6. The molecule has 3 heterocycles. The molecule has 1 fully saturated rings. The lowest BCUT2D eigenvalue weighted by Gasteiger charge is -2.13.